The molecule has 108 valence electrons. The van der Waals surface area contributed by atoms with Crippen molar-refractivity contribution in [3.05, 3.63) is 53.4 Å². The van der Waals surface area contributed by atoms with E-state index in [0.29, 0.717) is 12.1 Å². The van der Waals surface area contributed by atoms with Crippen molar-refractivity contribution >= 4 is 23.3 Å². The molecule has 1 aromatic heterocycles. The Balaban J connectivity index is 2.40. The number of benzene rings is 1. The van der Waals surface area contributed by atoms with E-state index in [1.807, 2.05) is 0 Å². The zero-order valence-corrected chi connectivity index (χ0v) is 10.4. The van der Waals surface area contributed by atoms with Crippen LogP contribution in [0.5, 0.6) is 0 Å². The lowest BCUT2D eigenvalue weighted by molar-refractivity contribution is 0.0697. The van der Waals surface area contributed by atoms with Crippen LogP contribution >= 0.6 is 0 Å². The second-order valence-electron chi connectivity index (χ2n) is 4.01. The molecule has 0 bridgehead atoms. The fourth-order valence-corrected chi connectivity index (χ4v) is 1.62. The van der Waals surface area contributed by atoms with Crippen molar-refractivity contribution in [3.8, 4) is 0 Å². The smallest absolute Gasteiger partial charge is 0.337 e. The number of nitrogen functional groups attached to an aromatic ring is 1. The molecule has 2 rings (SSSR count). The number of carboxylic acid groups (broad SMARTS) is 1. The van der Waals surface area contributed by atoms with Crippen LogP contribution in [-0.2, 0) is 0 Å². The lowest BCUT2D eigenvalue weighted by Gasteiger charge is -2.09. The largest absolute Gasteiger partial charge is 0.478 e. The number of aromatic carboxylic acids is 1. The van der Waals surface area contributed by atoms with Crippen molar-refractivity contribution in [2.75, 3.05) is 11.1 Å². The van der Waals surface area contributed by atoms with Crippen LogP contribution in [0.3, 0.4) is 0 Å². The fraction of sp³-hybridized carbons (Fsp3) is 0. The van der Waals surface area contributed by atoms with Gasteiger partial charge >= 0.3 is 5.97 Å². The molecule has 1 heterocycles. The third-order valence-electron chi connectivity index (χ3n) is 2.59. The molecule has 0 spiro atoms. The average Bonchev–Trinajstić information content (AvgIpc) is 2.42. The van der Waals surface area contributed by atoms with Gasteiger partial charge in [0.2, 0.25) is 0 Å². The van der Waals surface area contributed by atoms with Crippen molar-refractivity contribution in [1.82, 2.24) is 4.98 Å². The second-order valence-corrected chi connectivity index (χ2v) is 4.01. The number of carbonyl (C=O) groups excluding carboxylic acids is 1. The van der Waals surface area contributed by atoms with Gasteiger partial charge in [-0.25, -0.2) is 18.6 Å². The van der Waals surface area contributed by atoms with E-state index in [2.05, 4.69) is 10.3 Å². The SMILES string of the molecule is Nc1cccnc1C(=O)Nc1cc(F)c(F)cc1C(=O)O. The number of amides is 1. The zero-order valence-electron chi connectivity index (χ0n) is 10.4. The summed E-state index contributed by atoms with van der Waals surface area (Å²) in [5, 5.41) is 11.1. The van der Waals surface area contributed by atoms with Crippen molar-refractivity contribution in [2.24, 2.45) is 0 Å². The first-order chi connectivity index (χ1) is 9.90. The predicted molar refractivity (Wildman–Crippen MR) is 69.9 cm³/mol. The van der Waals surface area contributed by atoms with Crippen molar-refractivity contribution in [2.45, 2.75) is 0 Å². The van der Waals surface area contributed by atoms with Crippen LogP contribution in [0.25, 0.3) is 0 Å². The highest BCUT2D eigenvalue weighted by atomic mass is 19.2. The standard InChI is InChI=1S/C13H9F2N3O3/c14-7-4-6(13(20)21)10(5-8(7)15)18-12(19)11-9(16)2-1-3-17-11/h1-5H,16H2,(H,18,19)(H,20,21). The summed E-state index contributed by atoms with van der Waals surface area (Å²) in [6.45, 7) is 0. The van der Waals surface area contributed by atoms with Gasteiger partial charge in [0.05, 0.1) is 16.9 Å². The minimum atomic E-state index is -1.52. The molecule has 21 heavy (non-hydrogen) atoms. The Morgan fingerprint density at radius 1 is 1.24 bits per heavy atom. The van der Waals surface area contributed by atoms with Crippen LogP contribution in [0.2, 0.25) is 0 Å². The van der Waals surface area contributed by atoms with E-state index >= 15 is 0 Å². The van der Waals surface area contributed by atoms with Crippen LogP contribution in [-0.4, -0.2) is 22.0 Å². The minimum absolute atomic E-state index is 0.0643. The average molecular weight is 293 g/mol. The molecule has 1 aromatic carbocycles. The number of halogens is 2. The zero-order chi connectivity index (χ0) is 15.6. The first kappa shape index (κ1) is 14.4. The maximum atomic E-state index is 13.2. The van der Waals surface area contributed by atoms with E-state index in [-0.39, 0.29) is 11.4 Å². The number of nitrogens with zero attached hydrogens (tertiary/aromatic N) is 1. The molecule has 0 aliphatic heterocycles. The molecule has 0 aliphatic rings. The van der Waals surface area contributed by atoms with Gasteiger partial charge in [-0.05, 0) is 18.2 Å². The van der Waals surface area contributed by atoms with Crippen LogP contribution in [0.4, 0.5) is 20.2 Å². The normalized spacial score (nSPS) is 10.2. The fourth-order valence-electron chi connectivity index (χ4n) is 1.62. The number of carbonyl (C=O) groups is 2. The van der Waals surface area contributed by atoms with Crippen LogP contribution in [0, 0.1) is 11.6 Å². The molecule has 0 unspecified atom stereocenters. The van der Waals surface area contributed by atoms with Crippen LogP contribution in [0.15, 0.2) is 30.5 Å². The minimum Gasteiger partial charge on any atom is -0.478 e. The number of hydrogen-bond donors (Lipinski definition) is 3. The number of hydrogen-bond acceptors (Lipinski definition) is 4. The molecule has 4 N–H and O–H groups in total. The molecular weight excluding hydrogens is 284 g/mol. The molecule has 8 heteroatoms. The topological polar surface area (TPSA) is 105 Å². The first-order valence-corrected chi connectivity index (χ1v) is 5.64. The molecule has 0 radical (unpaired) electrons. The van der Waals surface area contributed by atoms with Crippen molar-refractivity contribution in [3.63, 3.8) is 0 Å². The summed E-state index contributed by atoms with van der Waals surface area (Å²) in [4.78, 5) is 26.7. The van der Waals surface area contributed by atoms with E-state index in [1.165, 1.54) is 18.3 Å². The number of carboxylic acids is 1. The summed E-state index contributed by atoms with van der Waals surface area (Å²) in [5.74, 6) is -4.97. The second kappa shape index (κ2) is 5.53. The summed E-state index contributed by atoms with van der Waals surface area (Å²) in [6, 6.07) is 3.99. The van der Waals surface area contributed by atoms with E-state index in [0.717, 1.165) is 0 Å². The highest BCUT2D eigenvalue weighted by Crippen LogP contribution is 2.21. The van der Waals surface area contributed by atoms with E-state index in [4.69, 9.17) is 10.8 Å². The number of anilines is 2. The lowest BCUT2D eigenvalue weighted by atomic mass is 10.1. The molecule has 0 saturated heterocycles. The van der Waals surface area contributed by atoms with Gasteiger partial charge in [-0.3, -0.25) is 4.79 Å². The maximum Gasteiger partial charge on any atom is 0.337 e. The Kier molecular flexibility index (Phi) is 3.79. The molecule has 0 atom stereocenters. The van der Waals surface area contributed by atoms with Gasteiger partial charge in [0.1, 0.15) is 0 Å². The van der Waals surface area contributed by atoms with Gasteiger partial charge in [0.15, 0.2) is 17.3 Å². The van der Waals surface area contributed by atoms with Gasteiger partial charge in [-0.15, -0.1) is 0 Å². The van der Waals surface area contributed by atoms with Crippen molar-refractivity contribution in [1.29, 1.82) is 0 Å². The molecule has 1 amide bonds. The third-order valence-corrected chi connectivity index (χ3v) is 2.59. The molecule has 6 nitrogen and oxygen atoms in total. The molecule has 0 saturated carbocycles. The van der Waals surface area contributed by atoms with Gasteiger partial charge in [-0.1, -0.05) is 0 Å². The number of rotatable bonds is 3. The summed E-state index contributed by atoms with van der Waals surface area (Å²) in [5.41, 5.74) is 4.48. The summed E-state index contributed by atoms with van der Waals surface area (Å²) >= 11 is 0. The Morgan fingerprint density at radius 3 is 2.52 bits per heavy atom. The quantitative estimate of drug-likeness (QED) is 0.801. The van der Waals surface area contributed by atoms with E-state index < -0.39 is 34.8 Å². The number of pyridine rings is 1. The van der Waals surface area contributed by atoms with Crippen molar-refractivity contribution < 1.29 is 23.5 Å². The van der Waals surface area contributed by atoms with Gasteiger partial charge in [-0.2, -0.15) is 0 Å². The molecule has 2 aromatic rings. The Morgan fingerprint density at radius 2 is 1.90 bits per heavy atom. The maximum absolute atomic E-state index is 13.2. The van der Waals surface area contributed by atoms with E-state index in [9.17, 15) is 18.4 Å². The predicted octanol–water partition coefficient (Wildman–Crippen LogP) is 1.89. The summed E-state index contributed by atoms with van der Waals surface area (Å²) in [6.07, 6.45) is 1.31. The number of nitrogens with two attached hydrogens (primary N) is 1. The Hall–Kier alpha value is -3.03. The Bertz CT molecular complexity index is 735. The number of nitrogens with one attached hydrogen (secondary N) is 1. The monoisotopic (exact) mass is 293 g/mol. The number of aromatic nitrogens is 1. The van der Waals surface area contributed by atoms with Gasteiger partial charge in [0.25, 0.3) is 5.91 Å². The van der Waals surface area contributed by atoms with Gasteiger partial charge < -0.3 is 16.2 Å². The van der Waals surface area contributed by atoms with Gasteiger partial charge in [0, 0.05) is 12.3 Å². The highest BCUT2D eigenvalue weighted by Gasteiger charge is 2.19. The molecular formula is C13H9F2N3O3. The van der Waals surface area contributed by atoms with Crippen LogP contribution < -0.4 is 11.1 Å². The third kappa shape index (κ3) is 2.94. The van der Waals surface area contributed by atoms with E-state index in [1.54, 1.807) is 0 Å². The molecule has 0 fully saturated rings. The lowest BCUT2D eigenvalue weighted by Crippen LogP contribution is -2.18. The first-order valence-electron chi connectivity index (χ1n) is 5.64. The Labute approximate surface area is 117 Å². The summed E-state index contributed by atoms with van der Waals surface area (Å²) in [7, 11) is 0. The summed E-state index contributed by atoms with van der Waals surface area (Å²) < 4.78 is 26.3. The van der Waals surface area contributed by atoms with Crippen LogP contribution in [0.1, 0.15) is 20.8 Å². The molecule has 0 aliphatic carbocycles. The highest BCUT2D eigenvalue weighted by molar-refractivity contribution is 6.09.